The van der Waals surface area contributed by atoms with Crippen molar-refractivity contribution in [1.29, 1.82) is 0 Å². The first kappa shape index (κ1) is 27.2. The molecule has 1 fully saturated rings. The number of nitrogens with one attached hydrogen (secondary N) is 1. The fraction of sp³-hybridized carbons (Fsp3) is 0.241. The Balaban J connectivity index is 1.48. The lowest BCUT2D eigenvalue weighted by Crippen LogP contribution is -2.42. The third kappa shape index (κ3) is 5.01. The third-order valence-corrected chi connectivity index (χ3v) is 8.41. The molecule has 0 unspecified atom stereocenters. The summed E-state index contributed by atoms with van der Waals surface area (Å²) in [4.78, 5) is 34.5. The maximum absolute atomic E-state index is 13.5. The first-order valence-corrected chi connectivity index (χ1v) is 14.0. The summed E-state index contributed by atoms with van der Waals surface area (Å²) >= 11 is 0. The van der Waals surface area contributed by atoms with Crippen molar-refractivity contribution in [2.75, 3.05) is 27.4 Å². The molecule has 1 amide bonds. The smallest absolute Gasteiger partial charge is 0.316 e. The van der Waals surface area contributed by atoms with Crippen molar-refractivity contribution in [1.82, 2.24) is 14.7 Å². The number of esters is 1. The van der Waals surface area contributed by atoms with Crippen molar-refractivity contribution in [3.8, 4) is 17.0 Å². The van der Waals surface area contributed by atoms with E-state index in [-0.39, 0.29) is 16.3 Å². The number of rotatable bonds is 7. The van der Waals surface area contributed by atoms with Gasteiger partial charge in [-0.15, -0.1) is 0 Å². The molecule has 0 bridgehead atoms. The molecule has 5 rings (SSSR count). The number of nitrogens with zero attached hydrogens (tertiary/aromatic N) is 2. The second-order valence-corrected chi connectivity index (χ2v) is 10.9. The predicted molar refractivity (Wildman–Crippen MR) is 146 cm³/mol. The number of fused-ring (bicyclic) bond motifs is 1. The van der Waals surface area contributed by atoms with Gasteiger partial charge in [-0.05, 0) is 60.9 Å². The molecule has 0 radical (unpaired) electrons. The zero-order chi connectivity index (χ0) is 28.3. The van der Waals surface area contributed by atoms with Gasteiger partial charge in [0.2, 0.25) is 0 Å². The number of carbonyl (C=O) groups is 2. The highest BCUT2D eigenvalue weighted by Crippen LogP contribution is 2.39. The van der Waals surface area contributed by atoms with Gasteiger partial charge in [-0.3, -0.25) is 14.6 Å². The van der Waals surface area contributed by atoms with E-state index in [1.807, 2.05) is 24.3 Å². The molecule has 2 aromatic carbocycles. The minimum absolute atomic E-state index is 0.0163. The van der Waals surface area contributed by atoms with Crippen LogP contribution in [0.3, 0.4) is 0 Å². The maximum atomic E-state index is 13.5. The lowest BCUT2D eigenvalue weighted by molar-refractivity contribution is -0.151. The summed E-state index contributed by atoms with van der Waals surface area (Å²) in [7, 11) is -1.82. The van der Waals surface area contributed by atoms with Crippen molar-refractivity contribution in [2.24, 2.45) is 0 Å². The number of carbonyl (C=O) groups excluding carboxylic acids is 2. The Morgan fingerprint density at radius 1 is 0.975 bits per heavy atom. The molecule has 10 nitrogen and oxygen atoms in total. The van der Waals surface area contributed by atoms with E-state index in [2.05, 4.69) is 14.7 Å². The molecular formula is C29H27N3O7S. The van der Waals surface area contributed by atoms with Crippen molar-refractivity contribution < 1.29 is 32.2 Å². The number of hydrogen-bond acceptors (Lipinski definition) is 9. The quantitative estimate of drug-likeness (QED) is 0.336. The number of benzene rings is 2. The van der Waals surface area contributed by atoms with Crippen LogP contribution in [0.5, 0.6) is 5.75 Å². The van der Waals surface area contributed by atoms with E-state index >= 15 is 0 Å². The maximum Gasteiger partial charge on any atom is 0.316 e. The normalized spacial score (nSPS) is 14.8. The van der Waals surface area contributed by atoms with Crippen LogP contribution in [0.4, 0.5) is 0 Å². The van der Waals surface area contributed by atoms with Crippen LogP contribution in [0.1, 0.15) is 28.9 Å². The summed E-state index contributed by atoms with van der Waals surface area (Å²) in [5.74, 6) is -1.38. The molecule has 0 spiro atoms. The Morgan fingerprint density at radius 2 is 1.77 bits per heavy atom. The van der Waals surface area contributed by atoms with Crippen LogP contribution >= 0.6 is 0 Å². The van der Waals surface area contributed by atoms with Crippen LogP contribution in [-0.2, 0) is 29.7 Å². The van der Waals surface area contributed by atoms with Crippen LogP contribution in [0.15, 0.2) is 77.8 Å². The van der Waals surface area contributed by atoms with Gasteiger partial charge in [-0.1, -0.05) is 24.3 Å². The molecule has 1 aliphatic heterocycles. The van der Waals surface area contributed by atoms with E-state index in [1.54, 1.807) is 30.5 Å². The lowest BCUT2D eigenvalue weighted by atomic mass is 9.74. The fourth-order valence-corrected chi connectivity index (χ4v) is 6.12. The van der Waals surface area contributed by atoms with Gasteiger partial charge < -0.3 is 14.2 Å². The Morgan fingerprint density at radius 3 is 2.48 bits per heavy atom. The molecule has 0 aliphatic carbocycles. The first-order valence-electron chi connectivity index (χ1n) is 12.5. The second-order valence-electron chi connectivity index (χ2n) is 9.27. The van der Waals surface area contributed by atoms with Crippen LogP contribution in [-0.4, -0.2) is 57.7 Å². The van der Waals surface area contributed by atoms with Crippen molar-refractivity contribution in [3.05, 3.63) is 84.2 Å². The largest absolute Gasteiger partial charge is 0.495 e. The minimum Gasteiger partial charge on any atom is -0.495 e. The average molecular weight is 562 g/mol. The molecule has 4 aromatic rings. The Hall–Kier alpha value is -4.35. The van der Waals surface area contributed by atoms with E-state index in [4.69, 9.17) is 14.2 Å². The molecule has 11 heteroatoms. The Kier molecular flexibility index (Phi) is 7.51. The van der Waals surface area contributed by atoms with Crippen LogP contribution in [0.2, 0.25) is 0 Å². The number of hydrogen-bond donors (Lipinski definition) is 1. The summed E-state index contributed by atoms with van der Waals surface area (Å²) in [6.45, 7) is 0.630. The van der Waals surface area contributed by atoms with Crippen molar-refractivity contribution >= 4 is 32.8 Å². The molecule has 206 valence electrons. The van der Waals surface area contributed by atoms with Gasteiger partial charge in [0.1, 0.15) is 16.3 Å². The summed E-state index contributed by atoms with van der Waals surface area (Å²) in [5, 5.41) is 0.763. The van der Waals surface area contributed by atoms with Crippen LogP contribution in [0.25, 0.3) is 22.2 Å². The number of sulfonamides is 1. The monoisotopic (exact) mass is 561 g/mol. The molecule has 0 atom stereocenters. The zero-order valence-corrected chi connectivity index (χ0v) is 22.7. The topological polar surface area (TPSA) is 134 Å². The average Bonchev–Trinajstić information content (AvgIpc) is 3.00. The fourth-order valence-electron chi connectivity index (χ4n) is 4.97. The van der Waals surface area contributed by atoms with E-state index < -0.39 is 27.3 Å². The molecule has 1 N–H and O–H groups in total. The number of aromatic nitrogens is 2. The van der Waals surface area contributed by atoms with Crippen LogP contribution in [0, 0.1) is 0 Å². The summed E-state index contributed by atoms with van der Waals surface area (Å²) in [5.41, 5.74) is 1.35. The second kappa shape index (κ2) is 11.0. The van der Waals surface area contributed by atoms with Gasteiger partial charge in [0.05, 0.1) is 30.8 Å². The number of methoxy groups -OCH3 is 2. The van der Waals surface area contributed by atoms with Gasteiger partial charge in [-0.2, -0.15) is 0 Å². The van der Waals surface area contributed by atoms with Gasteiger partial charge in [-0.25, -0.2) is 18.1 Å². The predicted octanol–water partition coefficient (Wildman–Crippen LogP) is 3.65. The summed E-state index contributed by atoms with van der Waals surface area (Å²) < 4.78 is 44.9. The SMILES string of the molecule is COC(=O)C1(c2ccc(OC)c(S(=O)(=O)NC(=O)c3ccc4c(-c5ccccn5)cccc4n3)c2)CCOCC1. The molecule has 1 aliphatic rings. The molecular weight excluding hydrogens is 534 g/mol. The van der Waals surface area contributed by atoms with Gasteiger partial charge >= 0.3 is 5.97 Å². The van der Waals surface area contributed by atoms with E-state index in [1.165, 1.54) is 32.4 Å². The Bertz CT molecular complexity index is 1680. The molecule has 0 saturated carbocycles. The third-order valence-electron chi connectivity index (χ3n) is 7.06. The van der Waals surface area contributed by atoms with E-state index in [9.17, 15) is 18.0 Å². The molecule has 3 heterocycles. The number of ether oxygens (including phenoxy) is 3. The van der Waals surface area contributed by atoms with Crippen molar-refractivity contribution in [2.45, 2.75) is 23.2 Å². The first-order chi connectivity index (χ1) is 19.3. The van der Waals surface area contributed by atoms with E-state index in [0.29, 0.717) is 37.1 Å². The van der Waals surface area contributed by atoms with Gasteiger partial charge in [0.15, 0.2) is 0 Å². The summed E-state index contributed by atoms with van der Waals surface area (Å²) in [6, 6.07) is 18.6. The highest BCUT2D eigenvalue weighted by Gasteiger charge is 2.43. The molecule has 1 saturated heterocycles. The van der Waals surface area contributed by atoms with E-state index in [0.717, 1.165) is 16.6 Å². The highest BCUT2D eigenvalue weighted by molar-refractivity contribution is 7.90. The van der Waals surface area contributed by atoms with Crippen LogP contribution < -0.4 is 9.46 Å². The van der Waals surface area contributed by atoms with Gasteiger partial charge in [0, 0.05) is 30.4 Å². The number of amides is 1. The highest BCUT2D eigenvalue weighted by atomic mass is 32.2. The standard InChI is InChI=1S/C29H27N3O7S/c1-37-25-12-9-19(29(28(34)38-2)13-16-39-17-14-29)18-26(25)40(35,36)32-27(33)24-11-10-21-20(6-5-8-23(21)31-24)22-7-3-4-15-30-22/h3-12,15,18H,13-14,16-17H2,1-2H3,(H,32,33). The zero-order valence-electron chi connectivity index (χ0n) is 21.9. The number of pyridine rings is 2. The lowest BCUT2D eigenvalue weighted by Gasteiger charge is -2.35. The van der Waals surface area contributed by atoms with Gasteiger partial charge in [0.25, 0.3) is 15.9 Å². The molecule has 40 heavy (non-hydrogen) atoms. The molecule has 2 aromatic heterocycles. The van der Waals surface area contributed by atoms with Crippen molar-refractivity contribution in [3.63, 3.8) is 0 Å². The Labute approximate surface area is 231 Å². The summed E-state index contributed by atoms with van der Waals surface area (Å²) in [6.07, 6.45) is 2.32. The minimum atomic E-state index is -4.43.